The molecular weight excluding hydrogens is 620 g/mol. The number of hydrogen-bond donors (Lipinski definition) is 4. The molecule has 0 bridgehead atoms. The van der Waals surface area contributed by atoms with Crippen LogP contribution < -0.4 is 0 Å². The Morgan fingerprint density at radius 3 is 2.27 bits per heavy atom. The van der Waals surface area contributed by atoms with E-state index >= 15 is 0 Å². The van der Waals surface area contributed by atoms with Gasteiger partial charge in [0.2, 0.25) is 12.1 Å². The number of fused-ring (bicyclic) bond motifs is 7. The van der Waals surface area contributed by atoms with Gasteiger partial charge in [-0.15, -0.1) is 0 Å². The van der Waals surface area contributed by atoms with E-state index in [1.54, 1.807) is 27.0 Å². The van der Waals surface area contributed by atoms with Gasteiger partial charge in [0.15, 0.2) is 5.76 Å². The average molecular weight is 675 g/mol. The maximum absolute atomic E-state index is 14.8. The van der Waals surface area contributed by atoms with Crippen molar-refractivity contribution >= 4 is 17.3 Å². The summed E-state index contributed by atoms with van der Waals surface area (Å²) in [5.74, 6) is -1.38. The van der Waals surface area contributed by atoms with Crippen LogP contribution in [0.4, 0.5) is 0 Å². The van der Waals surface area contributed by atoms with Crippen LogP contribution in [0.2, 0.25) is 0 Å². The van der Waals surface area contributed by atoms with Crippen molar-refractivity contribution in [3.8, 4) is 0 Å². The van der Waals surface area contributed by atoms with Crippen molar-refractivity contribution < 1.29 is 53.8 Å². The van der Waals surface area contributed by atoms with Gasteiger partial charge in [-0.2, -0.15) is 0 Å². The number of rotatable bonds is 5. The minimum Gasteiger partial charge on any atom is -0.459 e. The zero-order valence-corrected chi connectivity index (χ0v) is 29.7. The van der Waals surface area contributed by atoms with E-state index in [2.05, 4.69) is 19.9 Å². The highest BCUT2D eigenvalue weighted by atomic mass is 16.7. The first-order valence-corrected chi connectivity index (χ1v) is 17.4. The van der Waals surface area contributed by atoms with Gasteiger partial charge in [0.05, 0.1) is 29.8 Å². The van der Waals surface area contributed by atoms with Crippen LogP contribution in [0.1, 0.15) is 81.1 Å². The van der Waals surface area contributed by atoms with Crippen LogP contribution in [0.5, 0.6) is 0 Å². The maximum Gasteiger partial charge on any atom is 0.229 e. The van der Waals surface area contributed by atoms with Gasteiger partial charge < -0.3 is 39.4 Å². The summed E-state index contributed by atoms with van der Waals surface area (Å²) in [5.41, 5.74) is -2.74. The summed E-state index contributed by atoms with van der Waals surface area (Å²) in [6.45, 7) is 15.2. The lowest BCUT2D eigenvalue weighted by Crippen LogP contribution is -2.63. The monoisotopic (exact) mass is 674 g/mol. The summed E-state index contributed by atoms with van der Waals surface area (Å²) < 4.78 is 24.2. The molecule has 4 fully saturated rings. The molecule has 2 saturated heterocycles. The van der Waals surface area contributed by atoms with Gasteiger partial charge in [-0.1, -0.05) is 39.3 Å². The fraction of sp³-hybridized carbons (Fsp3) is 0.811. The van der Waals surface area contributed by atoms with Crippen molar-refractivity contribution in [2.45, 2.75) is 130 Å². The lowest BCUT2D eigenvalue weighted by atomic mass is 9.39. The molecule has 2 heterocycles. The predicted molar refractivity (Wildman–Crippen MR) is 172 cm³/mol. The van der Waals surface area contributed by atoms with Crippen LogP contribution in [-0.4, -0.2) is 100 Å². The number of carbonyl (C=O) groups excluding carboxylic acids is 3. The number of hydrogen-bond acceptors (Lipinski definition) is 11. The molecule has 0 aromatic rings. The molecule has 6 rings (SSSR count). The van der Waals surface area contributed by atoms with Gasteiger partial charge >= 0.3 is 0 Å². The topological polar surface area (TPSA) is 169 Å². The first kappa shape index (κ1) is 35.8. The Morgan fingerprint density at radius 1 is 0.979 bits per heavy atom. The first-order chi connectivity index (χ1) is 22.2. The molecule has 0 aromatic carbocycles. The van der Waals surface area contributed by atoms with E-state index in [1.807, 2.05) is 27.7 Å². The Balaban J connectivity index is 1.40. The van der Waals surface area contributed by atoms with Gasteiger partial charge in [0.1, 0.15) is 36.0 Å². The van der Waals surface area contributed by atoms with E-state index in [0.717, 1.165) is 5.57 Å². The van der Waals surface area contributed by atoms with Crippen LogP contribution >= 0.6 is 0 Å². The summed E-state index contributed by atoms with van der Waals surface area (Å²) in [4.78, 5) is 42.5. The smallest absolute Gasteiger partial charge is 0.229 e. The molecule has 11 nitrogen and oxygen atoms in total. The summed E-state index contributed by atoms with van der Waals surface area (Å²) in [5, 5.41) is 41.0. The summed E-state index contributed by atoms with van der Waals surface area (Å²) in [6.07, 6.45) is -2.78. The van der Waals surface area contributed by atoms with Crippen molar-refractivity contribution in [3.63, 3.8) is 0 Å². The minimum atomic E-state index is -1.69. The second-order valence-corrected chi connectivity index (χ2v) is 17.1. The van der Waals surface area contributed by atoms with Crippen molar-refractivity contribution in [2.24, 2.45) is 45.3 Å². The Hall–Kier alpha value is -1.99. The van der Waals surface area contributed by atoms with Crippen LogP contribution in [0.3, 0.4) is 0 Å². The predicted octanol–water partition coefficient (Wildman–Crippen LogP) is 2.66. The van der Waals surface area contributed by atoms with E-state index < -0.39 is 76.6 Å². The Morgan fingerprint density at radius 2 is 1.65 bits per heavy atom. The molecule has 4 N–H and O–H groups in total. The molecule has 2 aliphatic heterocycles. The number of ketones is 3. The second-order valence-electron chi connectivity index (χ2n) is 17.1. The molecule has 14 atom stereocenters. The number of methoxy groups -OCH3 is 1. The van der Waals surface area contributed by atoms with Gasteiger partial charge in [-0.25, -0.2) is 0 Å². The number of allylic oxidation sites excluding steroid dienone is 4. The number of aliphatic hydroxyl groups excluding tert-OH is 4. The third kappa shape index (κ3) is 4.74. The van der Waals surface area contributed by atoms with Crippen molar-refractivity contribution in [1.82, 2.24) is 0 Å². The SMILES string of the molecule is COC(C)(C)C1CC(=O)C(C)C2C(CC3(C)C4CC=C5C(C=C(OC6OC(CO)C(O)C(O)C6O)C(=O)C5(C)C)C4(C)C(=O)CC23C)O1. The molecule has 0 radical (unpaired) electrons. The molecule has 268 valence electrons. The van der Waals surface area contributed by atoms with E-state index in [4.69, 9.17) is 18.9 Å². The van der Waals surface area contributed by atoms with Crippen molar-refractivity contribution in [3.05, 3.63) is 23.5 Å². The molecule has 0 amide bonds. The molecule has 4 aliphatic carbocycles. The van der Waals surface area contributed by atoms with Gasteiger partial charge in [0.25, 0.3) is 0 Å². The number of ether oxygens (including phenoxy) is 4. The zero-order chi connectivity index (χ0) is 35.5. The molecule has 11 heteroatoms. The summed E-state index contributed by atoms with van der Waals surface area (Å²) in [6, 6.07) is 0. The number of carbonyl (C=O) groups is 3. The highest BCUT2D eigenvalue weighted by Crippen LogP contribution is 2.74. The lowest BCUT2D eigenvalue weighted by molar-refractivity contribution is -0.291. The average Bonchev–Trinajstić information content (AvgIpc) is 3.15. The highest BCUT2D eigenvalue weighted by Gasteiger charge is 2.73. The largest absolute Gasteiger partial charge is 0.459 e. The number of aliphatic hydroxyl groups is 4. The Kier molecular flexibility index (Phi) is 8.59. The third-order valence-corrected chi connectivity index (χ3v) is 14.2. The molecule has 0 spiro atoms. The van der Waals surface area contributed by atoms with Gasteiger partial charge in [0, 0.05) is 43.1 Å². The fourth-order valence-electron chi connectivity index (χ4n) is 10.7. The lowest BCUT2D eigenvalue weighted by Gasteiger charge is -2.63. The maximum atomic E-state index is 14.8. The van der Waals surface area contributed by atoms with Crippen LogP contribution in [0.25, 0.3) is 0 Å². The third-order valence-electron chi connectivity index (χ3n) is 14.2. The first-order valence-electron chi connectivity index (χ1n) is 17.4. The van der Waals surface area contributed by atoms with E-state index in [0.29, 0.717) is 12.8 Å². The Labute approximate surface area is 283 Å². The summed E-state index contributed by atoms with van der Waals surface area (Å²) in [7, 11) is 1.63. The van der Waals surface area contributed by atoms with Crippen LogP contribution in [0.15, 0.2) is 23.5 Å². The van der Waals surface area contributed by atoms with E-state index in [1.165, 1.54) is 0 Å². The molecule has 0 aromatic heterocycles. The van der Waals surface area contributed by atoms with Crippen molar-refractivity contribution in [2.75, 3.05) is 13.7 Å². The zero-order valence-electron chi connectivity index (χ0n) is 29.7. The second kappa shape index (κ2) is 11.5. The highest BCUT2D eigenvalue weighted by molar-refractivity contribution is 6.02. The molecule has 14 unspecified atom stereocenters. The molecule has 48 heavy (non-hydrogen) atoms. The van der Waals surface area contributed by atoms with Crippen LogP contribution in [0, 0.1) is 45.3 Å². The quantitative estimate of drug-likeness (QED) is 0.317. The normalized spacial score (nSPS) is 48.8. The molecule has 6 aliphatic rings. The number of Topliss-reactive ketones (excluding diaryl/α,β-unsaturated/α-hetero) is 3. The summed E-state index contributed by atoms with van der Waals surface area (Å²) >= 11 is 0. The van der Waals surface area contributed by atoms with E-state index in [-0.39, 0.29) is 59.8 Å². The van der Waals surface area contributed by atoms with Crippen molar-refractivity contribution in [1.29, 1.82) is 0 Å². The fourth-order valence-corrected chi connectivity index (χ4v) is 10.7. The van der Waals surface area contributed by atoms with E-state index in [9.17, 15) is 34.8 Å². The van der Waals surface area contributed by atoms with Gasteiger partial charge in [-0.05, 0) is 63.4 Å². The molecule has 2 saturated carbocycles. The standard InChI is InChI=1S/C37H54O11/c1-17-20(39)13-26(34(4,5)45-9)46-22-14-35(6)24-11-10-18-19(37(24,8)25(40)15-36(35,7)27(17)22)12-21(31(44)33(18,2)3)47-32-30(43)29(42)28(41)23(16-38)48-32/h10,12,17,19,22-24,26-30,32,38,41-43H,11,13-16H2,1-9H3. The van der Waals surface area contributed by atoms with Gasteiger partial charge in [-0.3, -0.25) is 14.4 Å². The minimum absolute atomic E-state index is 0.0648. The Bertz CT molecular complexity index is 1430. The van der Waals surface area contributed by atoms with Crippen LogP contribution in [-0.2, 0) is 33.3 Å². The molecular formula is C37H54O11.